The first kappa shape index (κ1) is 22.4. The summed E-state index contributed by atoms with van der Waals surface area (Å²) in [4.78, 5) is 0. The van der Waals surface area contributed by atoms with Crippen LogP contribution in [0.3, 0.4) is 0 Å². The lowest BCUT2D eigenvalue weighted by Crippen LogP contribution is -2.26. The van der Waals surface area contributed by atoms with E-state index in [1.165, 1.54) is 64.2 Å². The molecule has 0 spiro atoms. The predicted molar refractivity (Wildman–Crippen MR) is 107 cm³/mol. The minimum Gasteiger partial charge on any atom is -0.429 e. The summed E-state index contributed by atoms with van der Waals surface area (Å²) < 4.78 is 56.1. The maximum atomic E-state index is 13.9. The highest BCUT2D eigenvalue weighted by Crippen LogP contribution is 2.43. The van der Waals surface area contributed by atoms with Crippen LogP contribution in [0.5, 0.6) is 5.75 Å². The molecule has 0 unspecified atom stereocenters. The smallest absolute Gasteiger partial charge is 0.387 e. The Morgan fingerprint density at radius 3 is 1.76 bits per heavy atom. The zero-order valence-corrected chi connectivity index (χ0v) is 17.4. The van der Waals surface area contributed by atoms with Crippen LogP contribution in [0, 0.1) is 35.3 Å². The van der Waals surface area contributed by atoms with Crippen LogP contribution in [-0.2, 0) is 6.42 Å². The second kappa shape index (κ2) is 10.7. The first-order valence-electron chi connectivity index (χ1n) is 11.4. The van der Waals surface area contributed by atoms with Gasteiger partial charge in [-0.25, -0.2) is 8.78 Å². The molecule has 0 atom stereocenters. The van der Waals surface area contributed by atoms with Gasteiger partial charge in [0.05, 0.1) is 0 Å². The van der Waals surface area contributed by atoms with Crippen LogP contribution in [0.4, 0.5) is 17.6 Å². The van der Waals surface area contributed by atoms with Gasteiger partial charge in [0.15, 0.2) is 17.4 Å². The van der Waals surface area contributed by atoms with E-state index in [1.54, 1.807) is 0 Å². The summed E-state index contributed by atoms with van der Waals surface area (Å²) in [5.41, 5.74) is 0.512. The largest absolute Gasteiger partial charge is 0.429 e. The molecule has 2 aliphatic rings. The molecule has 5 heteroatoms. The van der Waals surface area contributed by atoms with E-state index in [0.29, 0.717) is 17.9 Å². The molecule has 164 valence electrons. The van der Waals surface area contributed by atoms with Gasteiger partial charge in [0.1, 0.15) is 0 Å². The quantitative estimate of drug-likeness (QED) is 0.393. The van der Waals surface area contributed by atoms with Crippen molar-refractivity contribution in [2.75, 3.05) is 0 Å². The minimum absolute atomic E-state index is 0.512. The van der Waals surface area contributed by atoms with Gasteiger partial charge in [-0.1, -0.05) is 45.4 Å². The Balaban J connectivity index is 1.42. The Labute approximate surface area is 172 Å². The second-order valence-electron chi connectivity index (χ2n) is 9.16. The molecule has 0 bridgehead atoms. The molecule has 0 radical (unpaired) electrons. The molecule has 3 rings (SSSR count). The average Bonchev–Trinajstić information content (AvgIpc) is 2.70. The minimum atomic E-state index is -3.23. The maximum absolute atomic E-state index is 13.9. The highest BCUT2D eigenvalue weighted by atomic mass is 19.3. The lowest BCUT2D eigenvalue weighted by Gasteiger charge is -2.38. The van der Waals surface area contributed by atoms with Gasteiger partial charge in [0.25, 0.3) is 0 Å². The van der Waals surface area contributed by atoms with Crippen LogP contribution in [-0.4, -0.2) is 6.61 Å². The topological polar surface area (TPSA) is 9.23 Å². The summed E-state index contributed by atoms with van der Waals surface area (Å²) in [5, 5.41) is 0. The Hall–Kier alpha value is -1.26. The fourth-order valence-electron chi connectivity index (χ4n) is 5.63. The molecule has 2 fully saturated rings. The molecule has 1 nitrogen and oxygen atoms in total. The van der Waals surface area contributed by atoms with Gasteiger partial charge in [0.2, 0.25) is 0 Å². The van der Waals surface area contributed by atoms with E-state index in [2.05, 4.69) is 11.7 Å². The van der Waals surface area contributed by atoms with Gasteiger partial charge in [-0.15, -0.1) is 0 Å². The Morgan fingerprint density at radius 2 is 1.31 bits per heavy atom. The summed E-state index contributed by atoms with van der Waals surface area (Å²) >= 11 is 0. The number of halogens is 4. The molecular formula is C24H34F4O. The fraction of sp³-hybridized carbons (Fsp3) is 0.750. The standard InChI is InChI=1S/C24H34F4O/c1-2-3-16-6-10-19(11-7-16)20-12-8-17(9-13-20)4-5-18-14-21(25)23(22(26)15-18)29-24(27)28/h14-17,19-20,24H,2-13H2,1H3/t16-,17?,19-,20?. The van der Waals surface area contributed by atoms with Crippen molar-refractivity contribution < 1.29 is 22.3 Å². The first-order chi connectivity index (χ1) is 14.0. The van der Waals surface area contributed by atoms with E-state index in [9.17, 15) is 17.6 Å². The van der Waals surface area contributed by atoms with Gasteiger partial charge in [0, 0.05) is 0 Å². The van der Waals surface area contributed by atoms with Gasteiger partial charge >= 0.3 is 6.61 Å². The van der Waals surface area contributed by atoms with Crippen molar-refractivity contribution in [3.8, 4) is 5.75 Å². The van der Waals surface area contributed by atoms with E-state index < -0.39 is 24.0 Å². The van der Waals surface area contributed by atoms with Crippen LogP contribution in [0.25, 0.3) is 0 Å². The lowest BCUT2D eigenvalue weighted by molar-refractivity contribution is -0.0546. The molecular weight excluding hydrogens is 380 g/mol. The zero-order valence-electron chi connectivity index (χ0n) is 17.4. The van der Waals surface area contributed by atoms with Crippen LogP contribution in [0.1, 0.15) is 83.1 Å². The number of ether oxygens (including phenoxy) is 1. The van der Waals surface area contributed by atoms with Crippen molar-refractivity contribution in [3.63, 3.8) is 0 Å². The third kappa shape index (κ3) is 6.36. The molecule has 0 amide bonds. The fourth-order valence-corrected chi connectivity index (χ4v) is 5.63. The second-order valence-corrected chi connectivity index (χ2v) is 9.16. The Bertz CT molecular complexity index is 609. The predicted octanol–water partition coefficient (Wildman–Crippen LogP) is 7.91. The molecule has 0 saturated heterocycles. The average molecular weight is 415 g/mol. The van der Waals surface area contributed by atoms with Gasteiger partial charge in [-0.05, 0) is 79.9 Å². The lowest BCUT2D eigenvalue weighted by atomic mass is 9.68. The normalized spacial score (nSPS) is 27.9. The summed E-state index contributed by atoms with van der Waals surface area (Å²) in [5.74, 6) is 0.198. The molecule has 1 aromatic carbocycles. The first-order valence-corrected chi connectivity index (χ1v) is 11.4. The van der Waals surface area contributed by atoms with Crippen molar-refractivity contribution in [3.05, 3.63) is 29.3 Å². The van der Waals surface area contributed by atoms with E-state index in [4.69, 9.17) is 0 Å². The number of alkyl halides is 2. The van der Waals surface area contributed by atoms with E-state index in [0.717, 1.165) is 36.3 Å². The summed E-state index contributed by atoms with van der Waals surface area (Å²) in [7, 11) is 0. The molecule has 29 heavy (non-hydrogen) atoms. The SMILES string of the molecule is CCC[C@H]1CC[C@H](C2CCC(CCc3cc(F)c(OC(F)F)c(F)c3)CC2)CC1. The summed E-state index contributed by atoms with van der Waals surface area (Å²) in [6, 6.07) is 2.25. The van der Waals surface area contributed by atoms with E-state index in [1.807, 2.05) is 0 Å². The number of benzene rings is 1. The maximum Gasteiger partial charge on any atom is 0.387 e. The Kier molecular flexibility index (Phi) is 8.25. The summed E-state index contributed by atoms with van der Waals surface area (Å²) in [6.07, 6.45) is 14.7. The van der Waals surface area contributed by atoms with Crippen molar-refractivity contribution in [1.29, 1.82) is 0 Å². The van der Waals surface area contributed by atoms with Crippen molar-refractivity contribution >= 4 is 0 Å². The molecule has 1 aromatic rings. The number of aryl methyl sites for hydroxylation is 1. The van der Waals surface area contributed by atoms with Gasteiger partial charge < -0.3 is 4.74 Å². The van der Waals surface area contributed by atoms with Crippen LogP contribution in [0.2, 0.25) is 0 Å². The van der Waals surface area contributed by atoms with E-state index >= 15 is 0 Å². The van der Waals surface area contributed by atoms with E-state index in [-0.39, 0.29) is 0 Å². The third-order valence-corrected chi connectivity index (χ3v) is 7.25. The number of hydrogen-bond donors (Lipinski definition) is 0. The van der Waals surface area contributed by atoms with Crippen molar-refractivity contribution in [2.45, 2.75) is 90.6 Å². The number of rotatable bonds is 8. The number of hydrogen-bond acceptors (Lipinski definition) is 1. The van der Waals surface area contributed by atoms with Gasteiger partial charge in [-0.2, -0.15) is 8.78 Å². The van der Waals surface area contributed by atoms with Crippen molar-refractivity contribution in [1.82, 2.24) is 0 Å². The highest BCUT2D eigenvalue weighted by Gasteiger charge is 2.30. The molecule has 2 saturated carbocycles. The van der Waals surface area contributed by atoms with Gasteiger partial charge in [-0.3, -0.25) is 0 Å². The molecule has 2 aliphatic carbocycles. The zero-order chi connectivity index (χ0) is 20.8. The van der Waals surface area contributed by atoms with Crippen LogP contribution in [0.15, 0.2) is 12.1 Å². The van der Waals surface area contributed by atoms with Crippen LogP contribution < -0.4 is 4.74 Å². The monoisotopic (exact) mass is 414 g/mol. The van der Waals surface area contributed by atoms with Crippen molar-refractivity contribution in [2.24, 2.45) is 23.7 Å². The third-order valence-electron chi connectivity index (χ3n) is 7.25. The molecule has 0 heterocycles. The van der Waals surface area contributed by atoms with Crippen LogP contribution >= 0.6 is 0 Å². The molecule has 0 N–H and O–H groups in total. The Morgan fingerprint density at radius 1 is 0.828 bits per heavy atom. The summed E-state index contributed by atoms with van der Waals surface area (Å²) in [6.45, 7) is -0.955. The molecule has 0 aromatic heterocycles. The molecule has 0 aliphatic heterocycles. The highest BCUT2D eigenvalue weighted by molar-refractivity contribution is 5.31.